The average molecular weight is 647 g/mol. The van der Waals surface area contributed by atoms with Crippen molar-refractivity contribution in [3.8, 4) is 0 Å². The van der Waals surface area contributed by atoms with Crippen LogP contribution in [0.1, 0.15) is 180 Å². The number of rotatable bonds is 35. The Morgan fingerprint density at radius 2 is 0.733 bits per heavy atom. The minimum absolute atomic E-state index is 0.132. The summed E-state index contributed by atoms with van der Waals surface area (Å²) < 4.78 is 5.35. The van der Waals surface area contributed by atoms with E-state index >= 15 is 0 Å². The van der Waals surface area contributed by atoms with Gasteiger partial charge in [-0.05, 0) is 51.4 Å². The second-order valence-electron chi connectivity index (χ2n) is 13.0. The number of carboxylic acids is 1. The van der Waals surface area contributed by atoms with Crippen molar-refractivity contribution in [2.45, 2.75) is 204 Å². The number of aliphatic carboxylic acids is 1. The van der Waals surface area contributed by atoms with Crippen LogP contribution in [0.25, 0.3) is 0 Å². The number of ether oxygens (including phenoxy) is 1. The molecule has 0 radical (unpaired) electrons. The van der Waals surface area contributed by atoms with Crippen LogP contribution in [0.5, 0.6) is 0 Å². The zero-order valence-electron chi connectivity index (χ0n) is 28.4. The van der Waals surface area contributed by atoms with Crippen LogP contribution in [0.2, 0.25) is 0 Å². The lowest BCUT2D eigenvalue weighted by atomic mass is 9.99. The van der Waals surface area contributed by atoms with Gasteiger partial charge >= 0.3 is 11.9 Å². The van der Waals surface area contributed by atoms with Crippen molar-refractivity contribution in [1.29, 1.82) is 0 Å². The monoisotopic (exact) mass is 647 g/mol. The molecule has 0 aliphatic heterocycles. The van der Waals surface area contributed by atoms with Crippen molar-refractivity contribution in [2.75, 3.05) is 13.2 Å². The molecule has 0 heterocycles. The lowest BCUT2D eigenvalue weighted by molar-refractivity contribution is -0.144. The van der Waals surface area contributed by atoms with Crippen LogP contribution in [0, 0.1) is 0 Å². The standard InChI is InChI=1S/C36H70O9/c37-29-21-13-3-1-7-15-23-31(38)34(41)26-18-10-6-12-20-28-36(44)45-30-22-14-4-2-8-16-24-32(39)33(40)25-17-9-5-11-19-27-35(42)43/h31-34,37-41H,1-30H2,(H,42,43). The highest BCUT2D eigenvalue weighted by atomic mass is 16.5. The molecule has 0 saturated heterocycles. The Morgan fingerprint density at radius 3 is 1.11 bits per heavy atom. The molecular weight excluding hydrogens is 576 g/mol. The van der Waals surface area contributed by atoms with Crippen molar-refractivity contribution in [2.24, 2.45) is 0 Å². The van der Waals surface area contributed by atoms with Gasteiger partial charge < -0.3 is 35.4 Å². The van der Waals surface area contributed by atoms with Crippen molar-refractivity contribution in [1.82, 2.24) is 0 Å². The van der Waals surface area contributed by atoms with E-state index in [1.54, 1.807) is 0 Å². The third kappa shape index (κ3) is 31.1. The van der Waals surface area contributed by atoms with Gasteiger partial charge in [-0.25, -0.2) is 0 Å². The van der Waals surface area contributed by atoms with Gasteiger partial charge in [0.15, 0.2) is 0 Å². The first-order chi connectivity index (χ1) is 21.8. The van der Waals surface area contributed by atoms with E-state index in [2.05, 4.69) is 0 Å². The maximum absolute atomic E-state index is 12.0. The highest BCUT2D eigenvalue weighted by molar-refractivity contribution is 5.69. The van der Waals surface area contributed by atoms with E-state index in [0.717, 1.165) is 135 Å². The molecule has 4 atom stereocenters. The van der Waals surface area contributed by atoms with Crippen molar-refractivity contribution >= 4 is 11.9 Å². The molecule has 0 aliphatic rings. The first kappa shape index (κ1) is 43.7. The van der Waals surface area contributed by atoms with E-state index in [4.69, 9.17) is 14.9 Å². The fourth-order valence-corrected chi connectivity index (χ4v) is 5.68. The van der Waals surface area contributed by atoms with Gasteiger partial charge in [-0.2, -0.15) is 0 Å². The summed E-state index contributed by atoms with van der Waals surface area (Å²) in [7, 11) is 0. The molecule has 0 aliphatic carbocycles. The lowest BCUT2D eigenvalue weighted by Crippen LogP contribution is -2.25. The highest BCUT2D eigenvalue weighted by Crippen LogP contribution is 2.17. The average Bonchev–Trinajstić information content (AvgIpc) is 3.01. The van der Waals surface area contributed by atoms with Crippen molar-refractivity contribution in [3.63, 3.8) is 0 Å². The molecular formula is C36H70O9. The maximum atomic E-state index is 12.0. The van der Waals surface area contributed by atoms with Crippen molar-refractivity contribution in [3.05, 3.63) is 0 Å². The Bertz CT molecular complexity index is 660. The summed E-state index contributed by atoms with van der Waals surface area (Å²) in [5.41, 5.74) is 0. The number of aliphatic hydroxyl groups is 5. The van der Waals surface area contributed by atoms with Gasteiger partial charge in [-0.15, -0.1) is 0 Å². The van der Waals surface area contributed by atoms with Gasteiger partial charge in [-0.3, -0.25) is 9.59 Å². The minimum Gasteiger partial charge on any atom is -0.481 e. The molecule has 0 aromatic rings. The fourth-order valence-electron chi connectivity index (χ4n) is 5.68. The normalized spacial score (nSPS) is 14.2. The summed E-state index contributed by atoms with van der Waals surface area (Å²) in [6.07, 6.45) is 21.5. The largest absolute Gasteiger partial charge is 0.481 e. The quantitative estimate of drug-likeness (QED) is 0.0315. The summed E-state index contributed by atoms with van der Waals surface area (Å²) in [5.74, 6) is -0.885. The van der Waals surface area contributed by atoms with Crippen LogP contribution in [0.15, 0.2) is 0 Å². The minimum atomic E-state index is -0.753. The molecule has 0 saturated carbocycles. The summed E-state index contributed by atoms with van der Waals surface area (Å²) >= 11 is 0. The molecule has 268 valence electrons. The number of esters is 1. The Labute approximate surface area is 274 Å². The van der Waals surface area contributed by atoms with Crippen LogP contribution in [-0.4, -0.2) is 80.2 Å². The maximum Gasteiger partial charge on any atom is 0.305 e. The summed E-state index contributed by atoms with van der Waals surface area (Å²) in [6.45, 7) is 0.724. The Balaban J connectivity index is 3.47. The number of hydrogen-bond acceptors (Lipinski definition) is 8. The molecule has 0 spiro atoms. The number of carbonyl (C=O) groups excluding carboxylic acids is 1. The van der Waals surface area contributed by atoms with Gasteiger partial charge in [0.05, 0.1) is 31.0 Å². The number of carboxylic acid groups (broad SMARTS) is 1. The van der Waals surface area contributed by atoms with Gasteiger partial charge in [0.25, 0.3) is 0 Å². The van der Waals surface area contributed by atoms with E-state index in [1.165, 1.54) is 0 Å². The van der Waals surface area contributed by atoms with Gasteiger partial charge in [0.2, 0.25) is 0 Å². The van der Waals surface area contributed by atoms with Crippen LogP contribution < -0.4 is 0 Å². The van der Waals surface area contributed by atoms with Crippen LogP contribution >= 0.6 is 0 Å². The molecule has 0 aromatic heterocycles. The Kier molecular flexibility index (Phi) is 31.8. The zero-order valence-corrected chi connectivity index (χ0v) is 28.4. The Hall–Kier alpha value is -1.26. The molecule has 0 bridgehead atoms. The molecule has 45 heavy (non-hydrogen) atoms. The molecule has 9 nitrogen and oxygen atoms in total. The van der Waals surface area contributed by atoms with Gasteiger partial charge in [0, 0.05) is 19.4 Å². The first-order valence-electron chi connectivity index (χ1n) is 18.5. The second-order valence-corrected chi connectivity index (χ2v) is 13.0. The summed E-state index contributed by atoms with van der Waals surface area (Å²) in [4.78, 5) is 22.4. The summed E-state index contributed by atoms with van der Waals surface area (Å²) in [6, 6.07) is 0. The molecule has 6 N–H and O–H groups in total. The number of aliphatic hydroxyl groups excluding tert-OH is 5. The summed E-state index contributed by atoms with van der Waals surface area (Å²) in [5, 5.41) is 58.0. The smallest absolute Gasteiger partial charge is 0.305 e. The third-order valence-corrected chi connectivity index (χ3v) is 8.72. The molecule has 0 aromatic carbocycles. The van der Waals surface area contributed by atoms with Crippen LogP contribution in [-0.2, 0) is 14.3 Å². The predicted molar refractivity (Wildman–Crippen MR) is 179 cm³/mol. The topological polar surface area (TPSA) is 165 Å². The van der Waals surface area contributed by atoms with Crippen molar-refractivity contribution < 1.29 is 45.0 Å². The third-order valence-electron chi connectivity index (χ3n) is 8.72. The second kappa shape index (κ2) is 32.7. The lowest BCUT2D eigenvalue weighted by Gasteiger charge is -2.17. The fraction of sp³-hybridized carbons (Fsp3) is 0.944. The number of hydrogen-bond donors (Lipinski definition) is 6. The van der Waals surface area contributed by atoms with Gasteiger partial charge in [-0.1, -0.05) is 116 Å². The zero-order chi connectivity index (χ0) is 33.4. The van der Waals surface area contributed by atoms with E-state index < -0.39 is 30.4 Å². The van der Waals surface area contributed by atoms with E-state index in [-0.39, 0.29) is 19.0 Å². The number of carbonyl (C=O) groups is 2. The molecule has 0 rings (SSSR count). The molecule has 4 unspecified atom stereocenters. The highest BCUT2D eigenvalue weighted by Gasteiger charge is 2.16. The Morgan fingerprint density at radius 1 is 0.422 bits per heavy atom. The predicted octanol–water partition coefficient (Wildman–Crippen LogP) is 6.97. The number of unbranched alkanes of at least 4 members (excludes halogenated alkanes) is 18. The van der Waals surface area contributed by atoms with Crippen LogP contribution in [0.4, 0.5) is 0 Å². The van der Waals surface area contributed by atoms with Crippen LogP contribution in [0.3, 0.4) is 0 Å². The van der Waals surface area contributed by atoms with E-state index in [0.29, 0.717) is 45.1 Å². The van der Waals surface area contributed by atoms with E-state index in [9.17, 15) is 30.0 Å². The molecule has 9 heteroatoms. The van der Waals surface area contributed by atoms with E-state index in [1.807, 2.05) is 0 Å². The SMILES string of the molecule is O=C(O)CCCCCCCC(O)C(O)CCCCCCCCOC(=O)CCCCCCCC(O)C(O)CCCCCCCCO. The first-order valence-corrected chi connectivity index (χ1v) is 18.5. The molecule has 0 fully saturated rings. The van der Waals surface area contributed by atoms with Gasteiger partial charge in [0.1, 0.15) is 0 Å². The molecule has 0 amide bonds.